The van der Waals surface area contributed by atoms with Crippen LogP contribution in [-0.4, -0.2) is 19.2 Å². The summed E-state index contributed by atoms with van der Waals surface area (Å²) in [5, 5.41) is 4.98. The molecule has 0 saturated heterocycles. The van der Waals surface area contributed by atoms with Gasteiger partial charge in [-0.3, -0.25) is 4.79 Å². The van der Waals surface area contributed by atoms with Crippen molar-refractivity contribution in [3.8, 4) is 11.5 Å². The van der Waals surface area contributed by atoms with E-state index in [2.05, 4.69) is 17.1 Å². The van der Waals surface area contributed by atoms with Gasteiger partial charge in [-0.2, -0.15) is 5.10 Å². The molecule has 1 amide bonds. The van der Waals surface area contributed by atoms with E-state index in [9.17, 15) is 4.79 Å². The molecule has 7 heteroatoms. The first-order valence-corrected chi connectivity index (χ1v) is 8.88. The number of halogens is 2. The molecular formula is C20H20Cl2N2O3. The third-order valence-electron chi connectivity index (χ3n) is 3.56. The van der Waals surface area contributed by atoms with E-state index in [1.807, 2.05) is 12.1 Å². The number of benzene rings is 2. The lowest BCUT2D eigenvalue weighted by molar-refractivity contribution is -0.118. The lowest BCUT2D eigenvalue weighted by atomic mass is 10.1. The van der Waals surface area contributed by atoms with Crippen LogP contribution in [0.15, 0.2) is 48.1 Å². The minimum atomic E-state index is -0.246. The quantitative estimate of drug-likeness (QED) is 0.389. The highest BCUT2D eigenvalue weighted by molar-refractivity contribution is 6.35. The number of hydrogen-bond donors (Lipinski definition) is 1. The average molecular weight is 407 g/mol. The molecule has 5 nitrogen and oxygen atoms in total. The van der Waals surface area contributed by atoms with Crippen molar-refractivity contribution in [3.63, 3.8) is 0 Å². The summed E-state index contributed by atoms with van der Waals surface area (Å²) in [5.41, 5.74) is 4.81. The highest BCUT2D eigenvalue weighted by atomic mass is 35.5. The molecule has 2 aromatic rings. The number of hydrogen-bond acceptors (Lipinski definition) is 4. The monoisotopic (exact) mass is 406 g/mol. The van der Waals surface area contributed by atoms with Crippen LogP contribution in [0.1, 0.15) is 23.6 Å². The molecule has 2 aromatic carbocycles. The summed E-state index contributed by atoms with van der Waals surface area (Å²) in [5.74, 6) is 0.896. The molecule has 0 saturated carbocycles. The Hall–Kier alpha value is -2.50. The third kappa shape index (κ3) is 6.01. The van der Waals surface area contributed by atoms with Crippen molar-refractivity contribution >= 4 is 35.3 Å². The Bertz CT molecular complexity index is 867. The van der Waals surface area contributed by atoms with Gasteiger partial charge in [0.1, 0.15) is 6.61 Å². The summed E-state index contributed by atoms with van der Waals surface area (Å²) in [7, 11) is 1.56. The van der Waals surface area contributed by atoms with Crippen LogP contribution in [0.4, 0.5) is 0 Å². The van der Waals surface area contributed by atoms with E-state index in [4.69, 9.17) is 32.7 Å². The smallest absolute Gasteiger partial charge is 0.236 e. The molecule has 0 atom stereocenters. The van der Waals surface area contributed by atoms with Crippen LogP contribution < -0.4 is 14.9 Å². The second-order valence-corrected chi connectivity index (χ2v) is 6.50. The maximum atomic E-state index is 10.9. The number of nitrogens with one attached hydrogen (secondary N) is 1. The van der Waals surface area contributed by atoms with Crippen molar-refractivity contribution in [2.24, 2.45) is 5.10 Å². The number of allylic oxidation sites excluding steroid dienone is 1. The Morgan fingerprint density at radius 1 is 1.26 bits per heavy atom. The number of methoxy groups -OCH3 is 1. The van der Waals surface area contributed by atoms with Crippen molar-refractivity contribution in [2.45, 2.75) is 20.0 Å². The van der Waals surface area contributed by atoms with E-state index in [0.717, 1.165) is 16.7 Å². The molecule has 27 heavy (non-hydrogen) atoms. The lowest BCUT2D eigenvalue weighted by Gasteiger charge is -2.16. The average Bonchev–Trinajstić information content (AvgIpc) is 2.61. The molecular weight excluding hydrogens is 387 g/mol. The van der Waals surface area contributed by atoms with E-state index >= 15 is 0 Å². The molecule has 0 radical (unpaired) electrons. The Labute approximate surface area is 168 Å². The standard InChI is InChI=1S/C20H20Cl2N2O3/c1-4-5-15-8-14(11-23-24-13(2)25)9-19(26-3)20(15)27-12-16-6-7-17(21)10-18(16)22/h4,6-11H,1,5,12H2,2-3H3,(H,24,25)/b23-11+. The molecule has 0 heterocycles. The van der Waals surface area contributed by atoms with Gasteiger partial charge in [0, 0.05) is 28.1 Å². The van der Waals surface area contributed by atoms with Crippen LogP contribution >= 0.6 is 23.2 Å². The number of hydrazone groups is 1. The Morgan fingerprint density at radius 3 is 2.67 bits per heavy atom. The number of carbonyl (C=O) groups is 1. The Balaban J connectivity index is 2.31. The summed E-state index contributed by atoms with van der Waals surface area (Å²) >= 11 is 12.1. The SMILES string of the molecule is C=CCc1cc(/C=N/NC(C)=O)cc(OC)c1OCc1ccc(Cl)cc1Cl. The van der Waals surface area contributed by atoms with Gasteiger partial charge < -0.3 is 9.47 Å². The zero-order valence-corrected chi connectivity index (χ0v) is 16.6. The first-order chi connectivity index (χ1) is 12.9. The van der Waals surface area contributed by atoms with E-state index in [1.54, 1.807) is 31.4 Å². The van der Waals surface area contributed by atoms with Gasteiger partial charge >= 0.3 is 0 Å². The number of carbonyl (C=O) groups excluding carboxylic acids is 1. The predicted molar refractivity (Wildman–Crippen MR) is 109 cm³/mol. The Kier molecular flexibility index (Phi) is 7.70. The first-order valence-electron chi connectivity index (χ1n) is 8.12. The predicted octanol–water partition coefficient (Wildman–Crippen LogP) is 4.78. The van der Waals surface area contributed by atoms with Crippen LogP contribution in [0.5, 0.6) is 11.5 Å². The maximum absolute atomic E-state index is 10.9. The second-order valence-electron chi connectivity index (χ2n) is 5.65. The zero-order chi connectivity index (χ0) is 19.8. The first kappa shape index (κ1) is 20.8. The number of ether oxygens (including phenoxy) is 2. The molecule has 0 unspecified atom stereocenters. The van der Waals surface area contributed by atoms with E-state index in [-0.39, 0.29) is 12.5 Å². The van der Waals surface area contributed by atoms with Gasteiger partial charge in [-0.15, -0.1) is 6.58 Å². The molecule has 0 aromatic heterocycles. The highest BCUT2D eigenvalue weighted by Crippen LogP contribution is 2.34. The maximum Gasteiger partial charge on any atom is 0.236 e. The lowest BCUT2D eigenvalue weighted by Crippen LogP contribution is -2.12. The van der Waals surface area contributed by atoms with Crippen LogP contribution in [0, 0.1) is 0 Å². The fourth-order valence-corrected chi connectivity index (χ4v) is 2.83. The third-order valence-corrected chi connectivity index (χ3v) is 4.15. The molecule has 0 aliphatic rings. The summed E-state index contributed by atoms with van der Waals surface area (Å²) in [6.07, 6.45) is 3.88. The number of nitrogens with zero attached hydrogens (tertiary/aromatic N) is 1. The zero-order valence-electron chi connectivity index (χ0n) is 15.1. The minimum absolute atomic E-state index is 0.246. The summed E-state index contributed by atoms with van der Waals surface area (Å²) < 4.78 is 11.5. The fraction of sp³-hybridized carbons (Fsp3) is 0.200. The number of rotatable bonds is 8. The van der Waals surface area contributed by atoms with Gasteiger partial charge in [-0.05, 0) is 36.2 Å². The number of amides is 1. The summed E-state index contributed by atoms with van der Waals surface area (Å²) in [6.45, 7) is 5.44. The largest absolute Gasteiger partial charge is 0.493 e. The highest BCUT2D eigenvalue weighted by Gasteiger charge is 2.13. The van der Waals surface area contributed by atoms with Gasteiger partial charge in [-0.1, -0.05) is 35.3 Å². The van der Waals surface area contributed by atoms with Crippen molar-refractivity contribution in [2.75, 3.05) is 7.11 Å². The molecule has 0 spiro atoms. The van der Waals surface area contributed by atoms with Gasteiger partial charge in [0.2, 0.25) is 5.91 Å². The van der Waals surface area contributed by atoms with E-state index in [1.165, 1.54) is 13.1 Å². The van der Waals surface area contributed by atoms with Gasteiger partial charge in [-0.25, -0.2) is 5.43 Å². The van der Waals surface area contributed by atoms with Crippen LogP contribution in [0.3, 0.4) is 0 Å². The molecule has 142 valence electrons. The van der Waals surface area contributed by atoms with Gasteiger partial charge in [0.05, 0.1) is 13.3 Å². The topological polar surface area (TPSA) is 59.9 Å². The summed E-state index contributed by atoms with van der Waals surface area (Å²) in [4.78, 5) is 10.9. The second kappa shape index (κ2) is 10.00. The normalized spacial score (nSPS) is 10.7. The van der Waals surface area contributed by atoms with Crippen molar-refractivity contribution in [1.29, 1.82) is 0 Å². The van der Waals surface area contributed by atoms with Crippen molar-refractivity contribution in [1.82, 2.24) is 5.43 Å². The van der Waals surface area contributed by atoms with Crippen molar-refractivity contribution < 1.29 is 14.3 Å². The molecule has 1 N–H and O–H groups in total. The molecule has 2 rings (SSSR count). The molecule has 0 aliphatic carbocycles. The van der Waals surface area contributed by atoms with Crippen molar-refractivity contribution in [3.05, 3.63) is 69.7 Å². The summed E-state index contributed by atoms with van der Waals surface area (Å²) in [6, 6.07) is 8.92. The van der Waals surface area contributed by atoms with Crippen LogP contribution in [0.2, 0.25) is 10.0 Å². The molecule has 0 fully saturated rings. The minimum Gasteiger partial charge on any atom is -0.493 e. The molecule has 0 bridgehead atoms. The Morgan fingerprint density at radius 2 is 2.04 bits per heavy atom. The van der Waals surface area contributed by atoms with E-state index < -0.39 is 0 Å². The van der Waals surface area contributed by atoms with Crippen LogP contribution in [-0.2, 0) is 17.8 Å². The van der Waals surface area contributed by atoms with Crippen LogP contribution in [0.25, 0.3) is 0 Å². The van der Waals surface area contributed by atoms with Gasteiger partial charge in [0.15, 0.2) is 11.5 Å². The van der Waals surface area contributed by atoms with Gasteiger partial charge in [0.25, 0.3) is 0 Å². The molecule has 0 aliphatic heterocycles. The van der Waals surface area contributed by atoms with E-state index in [0.29, 0.717) is 28.0 Å². The fourth-order valence-electron chi connectivity index (χ4n) is 2.37.